The molecule has 198 valence electrons. The average molecular weight is 535 g/mol. The van der Waals surface area contributed by atoms with Crippen LogP contribution in [0.3, 0.4) is 0 Å². The first-order valence-corrected chi connectivity index (χ1v) is 14.1. The summed E-state index contributed by atoms with van der Waals surface area (Å²) >= 11 is 0. The van der Waals surface area contributed by atoms with E-state index in [2.05, 4.69) is 9.71 Å². The van der Waals surface area contributed by atoms with Crippen LogP contribution in [-0.2, 0) is 19.6 Å². The number of nitrogens with one attached hydrogen (secondary N) is 1. The van der Waals surface area contributed by atoms with E-state index in [-0.39, 0.29) is 23.0 Å². The van der Waals surface area contributed by atoms with Gasteiger partial charge in [0.1, 0.15) is 11.0 Å². The maximum Gasteiger partial charge on any atom is 0.410 e. The normalized spacial score (nSPS) is 21.7. The van der Waals surface area contributed by atoms with Crippen LogP contribution in [0.4, 0.5) is 4.79 Å². The lowest BCUT2D eigenvalue weighted by atomic mass is 10.0. The molecule has 2 atom stereocenters. The zero-order valence-electron chi connectivity index (χ0n) is 21.1. The van der Waals surface area contributed by atoms with E-state index in [1.165, 1.54) is 6.07 Å². The van der Waals surface area contributed by atoms with Crippen LogP contribution in [0.2, 0.25) is 0 Å². The smallest absolute Gasteiger partial charge is 0.410 e. The molecule has 2 heterocycles. The summed E-state index contributed by atoms with van der Waals surface area (Å²) in [6.07, 6.45) is 13.0. The number of hydrogen-bond acceptors (Lipinski definition) is 6. The number of allylic oxidation sites excluding steroid dienone is 2. The monoisotopic (exact) mass is 534 g/mol. The first-order chi connectivity index (χ1) is 18.3. The van der Waals surface area contributed by atoms with Gasteiger partial charge in [-0.15, -0.1) is 0 Å². The van der Waals surface area contributed by atoms with Crippen molar-refractivity contribution in [3.63, 3.8) is 0 Å². The highest BCUT2D eigenvalue weighted by atomic mass is 32.2. The summed E-state index contributed by atoms with van der Waals surface area (Å²) in [6, 6.07) is 8.15. The number of benzene rings is 1. The minimum Gasteiger partial charge on any atom is -0.442 e. The molecule has 1 aromatic heterocycles. The SMILES string of the molecule is CC1=CC(OC(=O)N2CCN(C(=O)C3=CCC(NS(=O)(=O)c4cccc5cccnc45)C=C3)CC2)CC=C1. The predicted octanol–water partition coefficient (Wildman–Crippen LogP) is 3.32. The van der Waals surface area contributed by atoms with Gasteiger partial charge in [-0.1, -0.05) is 54.2 Å². The van der Waals surface area contributed by atoms with Crippen LogP contribution in [0.5, 0.6) is 0 Å². The number of fused-ring (bicyclic) bond motifs is 1. The van der Waals surface area contributed by atoms with Crippen molar-refractivity contribution in [1.29, 1.82) is 0 Å². The first kappa shape index (κ1) is 25.9. The van der Waals surface area contributed by atoms with E-state index in [0.717, 1.165) is 11.0 Å². The molecule has 2 amide bonds. The molecule has 0 spiro atoms. The number of piperazine rings is 1. The molecule has 1 fully saturated rings. The predicted molar refractivity (Wildman–Crippen MR) is 144 cm³/mol. The number of ether oxygens (including phenoxy) is 1. The van der Waals surface area contributed by atoms with Crippen LogP contribution >= 0.6 is 0 Å². The van der Waals surface area contributed by atoms with Gasteiger partial charge in [0.2, 0.25) is 10.0 Å². The van der Waals surface area contributed by atoms with Crippen molar-refractivity contribution in [2.75, 3.05) is 26.2 Å². The highest BCUT2D eigenvalue weighted by Crippen LogP contribution is 2.23. The molecule has 2 aliphatic carbocycles. The molecule has 0 saturated carbocycles. The van der Waals surface area contributed by atoms with E-state index in [0.29, 0.717) is 50.1 Å². The minimum atomic E-state index is -3.82. The first-order valence-electron chi connectivity index (χ1n) is 12.6. The van der Waals surface area contributed by atoms with Crippen molar-refractivity contribution >= 4 is 32.9 Å². The number of aromatic nitrogens is 1. The van der Waals surface area contributed by atoms with Gasteiger partial charge >= 0.3 is 6.09 Å². The van der Waals surface area contributed by atoms with Crippen LogP contribution in [0.25, 0.3) is 10.9 Å². The fourth-order valence-corrected chi connectivity index (χ4v) is 6.17. The molecule has 1 N–H and O–H groups in total. The number of amides is 2. The lowest BCUT2D eigenvalue weighted by molar-refractivity contribution is -0.128. The van der Waals surface area contributed by atoms with Gasteiger partial charge in [-0.05, 0) is 31.6 Å². The van der Waals surface area contributed by atoms with Crippen LogP contribution in [0.1, 0.15) is 19.8 Å². The molecule has 10 heteroatoms. The summed E-state index contributed by atoms with van der Waals surface area (Å²) in [4.78, 5) is 33.3. The van der Waals surface area contributed by atoms with Gasteiger partial charge in [0.25, 0.3) is 5.91 Å². The number of hydrogen-bond donors (Lipinski definition) is 1. The molecule has 0 bridgehead atoms. The molecule has 5 rings (SSSR count). The average Bonchev–Trinajstić information content (AvgIpc) is 2.92. The Balaban J connectivity index is 1.14. The van der Waals surface area contributed by atoms with E-state index in [4.69, 9.17) is 4.74 Å². The molecule has 9 nitrogen and oxygen atoms in total. The summed E-state index contributed by atoms with van der Waals surface area (Å²) in [5.41, 5.74) is 2.00. The highest BCUT2D eigenvalue weighted by Gasteiger charge is 2.29. The third-order valence-electron chi connectivity index (χ3n) is 6.81. The lowest BCUT2D eigenvalue weighted by Crippen LogP contribution is -2.51. The molecular weight excluding hydrogens is 504 g/mol. The topological polar surface area (TPSA) is 109 Å². The summed E-state index contributed by atoms with van der Waals surface area (Å²) in [7, 11) is -3.82. The minimum absolute atomic E-state index is 0.123. The molecule has 1 aliphatic heterocycles. The van der Waals surface area contributed by atoms with E-state index < -0.39 is 16.1 Å². The van der Waals surface area contributed by atoms with Gasteiger partial charge in [-0.3, -0.25) is 9.78 Å². The largest absolute Gasteiger partial charge is 0.442 e. The molecule has 2 aromatic rings. The third-order valence-corrected chi connectivity index (χ3v) is 8.34. The Kier molecular flexibility index (Phi) is 7.44. The Morgan fingerprint density at radius 2 is 1.79 bits per heavy atom. The molecule has 2 unspecified atom stereocenters. The number of pyridine rings is 1. The van der Waals surface area contributed by atoms with Crippen molar-refractivity contribution in [1.82, 2.24) is 19.5 Å². The maximum absolute atomic E-state index is 13.1. The van der Waals surface area contributed by atoms with Crippen molar-refractivity contribution in [3.8, 4) is 0 Å². The number of carbonyl (C=O) groups is 2. The summed E-state index contributed by atoms with van der Waals surface area (Å²) < 4.78 is 34.5. The van der Waals surface area contributed by atoms with Gasteiger partial charge in [-0.2, -0.15) is 0 Å². The van der Waals surface area contributed by atoms with Crippen molar-refractivity contribution in [2.45, 2.75) is 36.8 Å². The number of carbonyl (C=O) groups excluding carboxylic acids is 2. The Labute approximate surface area is 222 Å². The van der Waals surface area contributed by atoms with Crippen LogP contribution in [0, 0.1) is 0 Å². The third kappa shape index (κ3) is 5.71. The van der Waals surface area contributed by atoms with Gasteiger partial charge in [-0.25, -0.2) is 17.9 Å². The number of para-hydroxylation sites is 1. The second-order valence-electron chi connectivity index (χ2n) is 9.56. The van der Waals surface area contributed by atoms with Gasteiger partial charge < -0.3 is 14.5 Å². The molecule has 3 aliphatic rings. The maximum atomic E-state index is 13.1. The van der Waals surface area contributed by atoms with E-state index in [1.54, 1.807) is 46.4 Å². The van der Waals surface area contributed by atoms with Crippen molar-refractivity contribution < 1.29 is 22.7 Å². The van der Waals surface area contributed by atoms with Crippen molar-refractivity contribution in [3.05, 3.63) is 84.1 Å². The summed E-state index contributed by atoms with van der Waals surface area (Å²) in [5.74, 6) is -0.134. The number of sulfonamides is 1. The molecular formula is C28H30N4O5S. The molecule has 38 heavy (non-hydrogen) atoms. The summed E-state index contributed by atoms with van der Waals surface area (Å²) in [6.45, 7) is 3.57. The fourth-order valence-electron chi connectivity index (χ4n) is 4.79. The number of rotatable bonds is 5. The van der Waals surface area contributed by atoms with Crippen LogP contribution < -0.4 is 4.72 Å². The molecule has 1 saturated heterocycles. The Morgan fingerprint density at radius 1 is 1.03 bits per heavy atom. The van der Waals surface area contributed by atoms with Gasteiger partial charge in [0.15, 0.2) is 0 Å². The zero-order valence-corrected chi connectivity index (χ0v) is 21.9. The fraction of sp³-hybridized carbons (Fsp3) is 0.321. The zero-order chi connectivity index (χ0) is 26.7. The quantitative estimate of drug-likeness (QED) is 0.631. The van der Waals surface area contributed by atoms with Crippen molar-refractivity contribution in [2.24, 2.45) is 0 Å². The Morgan fingerprint density at radius 3 is 2.53 bits per heavy atom. The molecule has 0 radical (unpaired) electrons. The number of nitrogens with zero attached hydrogens (tertiary/aromatic N) is 3. The van der Waals surface area contributed by atoms with E-state index >= 15 is 0 Å². The lowest BCUT2D eigenvalue weighted by Gasteiger charge is -2.35. The Bertz CT molecular complexity index is 1460. The van der Waals surface area contributed by atoms with E-state index in [9.17, 15) is 18.0 Å². The van der Waals surface area contributed by atoms with Crippen LogP contribution in [0.15, 0.2) is 89.0 Å². The van der Waals surface area contributed by atoms with Crippen LogP contribution in [-0.4, -0.2) is 73.5 Å². The van der Waals surface area contributed by atoms with Gasteiger partial charge in [0.05, 0.1) is 5.52 Å². The Hall–Kier alpha value is -3.76. The molecule has 1 aromatic carbocycles. The van der Waals surface area contributed by atoms with E-state index in [1.807, 2.05) is 37.3 Å². The standard InChI is InChI=1S/C28H30N4O5S/c1-20-5-2-8-24(19-20)37-28(34)32-17-15-31(16-18-32)27(33)22-10-12-23(13-11-22)30-38(35,36)25-9-3-6-21-7-4-14-29-26(21)25/h2-7,9-12,14,19,23-24,30H,8,13,15-18H2,1H3. The highest BCUT2D eigenvalue weighted by molar-refractivity contribution is 7.89. The van der Waals surface area contributed by atoms with Gasteiger partial charge in [0, 0.05) is 55.8 Å². The second-order valence-corrected chi connectivity index (χ2v) is 11.2. The summed E-state index contributed by atoms with van der Waals surface area (Å²) in [5, 5.41) is 0.744. The second kappa shape index (κ2) is 10.9.